The van der Waals surface area contributed by atoms with Gasteiger partial charge in [-0.3, -0.25) is 4.79 Å². The van der Waals surface area contributed by atoms with Crippen LogP contribution in [0, 0.1) is 0 Å². The molecule has 6 nitrogen and oxygen atoms in total. The third-order valence-corrected chi connectivity index (χ3v) is 3.05. The summed E-state index contributed by atoms with van der Waals surface area (Å²) in [5.74, 6) is 0.246. The van der Waals surface area contributed by atoms with E-state index >= 15 is 0 Å². The third-order valence-electron chi connectivity index (χ3n) is 3.05. The molecule has 1 amide bonds. The predicted octanol–water partition coefficient (Wildman–Crippen LogP) is 0.747. The number of nitrogens with one attached hydrogen (secondary N) is 2. The molecule has 1 aliphatic heterocycles. The van der Waals surface area contributed by atoms with E-state index in [0.29, 0.717) is 30.8 Å². The zero-order valence-electron chi connectivity index (χ0n) is 11.2. The molecule has 1 aromatic heterocycles. The Morgan fingerprint density at radius 2 is 2.37 bits per heavy atom. The van der Waals surface area contributed by atoms with Crippen LogP contribution in [0.5, 0.6) is 5.88 Å². The van der Waals surface area contributed by atoms with E-state index in [9.17, 15) is 4.79 Å². The number of piperidine rings is 1. The standard InChI is InChI=1S/C13H20N4O2/c1-2-14-13(18)11-6-7-12(17-16-11)19-9-10-5-3-4-8-15-10/h6-7,10,15H,2-5,8-9H2,1H3,(H,14,18). The third kappa shape index (κ3) is 4.17. The van der Waals surface area contributed by atoms with Crippen molar-refractivity contribution in [3.8, 4) is 5.88 Å². The lowest BCUT2D eigenvalue weighted by atomic mass is 10.1. The Hall–Kier alpha value is -1.69. The van der Waals surface area contributed by atoms with Gasteiger partial charge in [0, 0.05) is 18.7 Å². The lowest BCUT2D eigenvalue weighted by Gasteiger charge is -2.22. The van der Waals surface area contributed by atoms with Gasteiger partial charge in [0.15, 0.2) is 5.69 Å². The van der Waals surface area contributed by atoms with Crippen molar-refractivity contribution in [1.82, 2.24) is 20.8 Å². The zero-order valence-corrected chi connectivity index (χ0v) is 11.2. The number of aromatic nitrogens is 2. The highest BCUT2D eigenvalue weighted by molar-refractivity contribution is 5.91. The molecular formula is C13H20N4O2. The average molecular weight is 264 g/mol. The van der Waals surface area contributed by atoms with E-state index in [1.165, 1.54) is 12.8 Å². The number of hydrogen-bond acceptors (Lipinski definition) is 5. The second-order valence-corrected chi connectivity index (χ2v) is 4.57. The number of carbonyl (C=O) groups excluding carboxylic acids is 1. The van der Waals surface area contributed by atoms with Crippen LogP contribution in [0.3, 0.4) is 0 Å². The molecule has 0 aliphatic carbocycles. The van der Waals surface area contributed by atoms with Gasteiger partial charge in [-0.15, -0.1) is 10.2 Å². The summed E-state index contributed by atoms with van der Waals surface area (Å²) in [4.78, 5) is 11.5. The van der Waals surface area contributed by atoms with Gasteiger partial charge in [-0.2, -0.15) is 0 Å². The molecule has 0 spiro atoms. The summed E-state index contributed by atoms with van der Waals surface area (Å²) >= 11 is 0. The minimum atomic E-state index is -0.213. The molecule has 2 N–H and O–H groups in total. The molecule has 1 aromatic rings. The molecule has 0 aromatic carbocycles. The van der Waals surface area contributed by atoms with Crippen LogP contribution >= 0.6 is 0 Å². The SMILES string of the molecule is CCNC(=O)c1ccc(OCC2CCCCN2)nn1. The van der Waals surface area contributed by atoms with E-state index in [-0.39, 0.29) is 5.91 Å². The molecule has 1 fully saturated rings. The number of nitrogens with zero attached hydrogens (tertiary/aromatic N) is 2. The maximum Gasteiger partial charge on any atom is 0.271 e. The monoisotopic (exact) mass is 264 g/mol. The van der Waals surface area contributed by atoms with Crippen LogP contribution in [-0.4, -0.2) is 41.8 Å². The van der Waals surface area contributed by atoms with Crippen molar-refractivity contribution in [3.05, 3.63) is 17.8 Å². The van der Waals surface area contributed by atoms with Crippen LogP contribution in [0.15, 0.2) is 12.1 Å². The van der Waals surface area contributed by atoms with Gasteiger partial charge in [0.2, 0.25) is 5.88 Å². The van der Waals surface area contributed by atoms with Crippen molar-refractivity contribution < 1.29 is 9.53 Å². The highest BCUT2D eigenvalue weighted by Gasteiger charge is 2.13. The Balaban J connectivity index is 1.82. The Labute approximate surface area is 112 Å². The fraction of sp³-hybridized carbons (Fsp3) is 0.615. The summed E-state index contributed by atoms with van der Waals surface area (Å²) in [7, 11) is 0. The Morgan fingerprint density at radius 1 is 1.47 bits per heavy atom. The van der Waals surface area contributed by atoms with Gasteiger partial charge in [-0.1, -0.05) is 6.42 Å². The topological polar surface area (TPSA) is 76.1 Å². The van der Waals surface area contributed by atoms with Gasteiger partial charge in [0.05, 0.1) is 0 Å². The van der Waals surface area contributed by atoms with Gasteiger partial charge in [0.25, 0.3) is 5.91 Å². The summed E-state index contributed by atoms with van der Waals surface area (Å²) in [6.45, 7) is 4.08. The summed E-state index contributed by atoms with van der Waals surface area (Å²) in [5.41, 5.74) is 0.310. The van der Waals surface area contributed by atoms with Gasteiger partial charge in [0.1, 0.15) is 6.61 Å². The van der Waals surface area contributed by atoms with Crippen LogP contribution in [0.25, 0.3) is 0 Å². The summed E-state index contributed by atoms with van der Waals surface area (Å²) in [5, 5.41) is 13.8. The Kier molecular flexibility index (Phi) is 5.09. The minimum absolute atomic E-state index is 0.213. The Bertz CT molecular complexity index is 402. The van der Waals surface area contributed by atoms with Crippen LogP contribution in [-0.2, 0) is 0 Å². The zero-order chi connectivity index (χ0) is 13.5. The summed E-state index contributed by atoms with van der Waals surface area (Å²) in [6, 6.07) is 3.70. The van der Waals surface area contributed by atoms with Crippen molar-refractivity contribution in [2.75, 3.05) is 19.7 Å². The molecule has 2 rings (SSSR count). The maximum absolute atomic E-state index is 11.5. The average Bonchev–Trinajstić information content (AvgIpc) is 2.47. The van der Waals surface area contributed by atoms with E-state index in [2.05, 4.69) is 20.8 Å². The first-order chi connectivity index (χ1) is 9.29. The van der Waals surface area contributed by atoms with E-state index < -0.39 is 0 Å². The lowest BCUT2D eigenvalue weighted by molar-refractivity contribution is 0.0949. The van der Waals surface area contributed by atoms with Crippen LogP contribution in [0.2, 0.25) is 0 Å². The van der Waals surface area contributed by atoms with Crippen LogP contribution < -0.4 is 15.4 Å². The highest BCUT2D eigenvalue weighted by Crippen LogP contribution is 2.10. The molecule has 1 aliphatic rings. The van der Waals surface area contributed by atoms with E-state index in [4.69, 9.17) is 4.74 Å². The smallest absolute Gasteiger partial charge is 0.271 e. The molecular weight excluding hydrogens is 244 g/mol. The predicted molar refractivity (Wildman–Crippen MR) is 71.2 cm³/mol. The quantitative estimate of drug-likeness (QED) is 0.820. The van der Waals surface area contributed by atoms with E-state index in [1.54, 1.807) is 12.1 Å². The molecule has 0 radical (unpaired) electrons. The molecule has 1 unspecified atom stereocenters. The fourth-order valence-corrected chi connectivity index (χ4v) is 2.02. The Morgan fingerprint density at radius 3 is 3.00 bits per heavy atom. The fourth-order valence-electron chi connectivity index (χ4n) is 2.02. The molecule has 6 heteroatoms. The maximum atomic E-state index is 11.5. The molecule has 2 heterocycles. The normalized spacial score (nSPS) is 18.9. The molecule has 0 saturated carbocycles. The van der Waals surface area contributed by atoms with E-state index in [0.717, 1.165) is 13.0 Å². The van der Waals surface area contributed by atoms with Crippen molar-refractivity contribution in [1.29, 1.82) is 0 Å². The number of carbonyl (C=O) groups is 1. The van der Waals surface area contributed by atoms with E-state index in [1.807, 2.05) is 6.92 Å². The van der Waals surface area contributed by atoms with Gasteiger partial charge in [-0.25, -0.2) is 0 Å². The van der Waals surface area contributed by atoms with Gasteiger partial charge in [-0.05, 0) is 32.4 Å². The second kappa shape index (κ2) is 7.04. The van der Waals surface area contributed by atoms with Crippen LogP contribution in [0.1, 0.15) is 36.7 Å². The van der Waals surface area contributed by atoms with Crippen LogP contribution in [0.4, 0.5) is 0 Å². The first-order valence-corrected chi connectivity index (χ1v) is 6.77. The van der Waals surface area contributed by atoms with Crippen molar-refractivity contribution in [3.63, 3.8) is 0 Å². The van der Waals surface area contributed by atoms with Gasteiger partial charge >= 0.3 is 0 Å². The highest BCUT2D eigenvalue weighted by atomic mass is 16.5. The van der Waals surface area contributed by atoms with Gasteiger partial charge < -0.3 is 15.4 Å². The molecule has 104 valence electrons. The second-order valence-electron chi connectivity index (χ2n) is 4.57. The van der Waals surface area contributed by atoms with Crippen molar-refractivity contribution in [2.24, 2.45) is 0 Å². The molecule has 1 saturated heterocycles. The number of amides is 1. The molecule has 1 atom stereocenters. The largest absolute Gasteiger partial charge is 0.475 e. The first-order valence-electron chi connectivity index (χ1n) is 6.77. The first kappa shape index (κ1) is 13.7. The van der Waals surface area contributed by atoms with Crippen molar-refractivity contribution >= 4 is 5.91 Å². The summed E-state index contributed by atoms with van der Waals surface area (Å²) < 4.78 is 5.57. The number of rotatable bonds is 5. The summed E-state index contributed by atoms with van der Waals surface area (Å²) in [6.07, 6.45) is 3.60. The lowest BCUT2D eigenvalue weighted by Crippen LogP contribution is -2.38. The van der Waals surface area contributed by atoms with Crippen molar-refractivity contribution in [2.45, 2.75) is 32.2 Å². The number of hydrogen-bond donors (Lipinski definition) is 2. The molecule has 19 heavy (non-hydrogen) atoms. The minimum Gasteiger partial charge on any atom is -0.475 e. The molecule has 0 bridgehead atoms. The number of ether oxygens (including phenoxy) is 1.